The molecular weight excluding hydrogens is 308 g/mol. The molecule has 9 heteroatoms. The Labute approximate surface area is 128 Å². The SMILES string of the molecule is C#Cc1ccc(/C=N/Nc2ccc([N+](=O)[O-])cc2[N+](=O)[O-])s1. The molecule has 8 nitrogen and oxygen atoms in total. The first kappa shape index (κ1) is 15.1. The van der Waals surface area contributed by atoms with Crippen molar-refractivity contribution >= 4 is 34.6 Å². The fourth-order valence-corrected chi connectivity index (χ4v) is 2.23. The fraction of sp³-hybridized carbons (Fsp3) is 0. The van der Waals surface area contributed by atoms with Gasteiger partial charge in [-0.1, -0.05) is 5.92 Å². The van der Waals surface area contributed by atoms with Gasteiger partial charge in [0.1, 0.15) is 5.69 Å². The van der Waals surface area contributed by atoms with Gasteiger partial charge in [-0.05, 0) is 18.2 Å². The molecule has 0 fully saturated rings. The van der Waals surface area contributed by atoms with Crippen LogP contribution in [0.25, 0.3) is 0 Å². The summed E-state index contributed by atoms with van der Waals surface area (Å²) in [4.78, 5) is 21.7. The Kier molecular flexibility index (Phi) is 4.45. The highest BCUT2D eigenvalue weighted by Crippen LogP contribution is 2.28. The molecule has 0 saturated heterocycles. The van der Waals surface area contributed by atoms with E-state index in [1.807, 2.05) is 0 Å². The first-order chi connectivity index (χ1) is 10.5. The van der Waals surface area contributed by atoms with Crippen LogP contribution in [-0.2, 0) is 0 Å². The molecule has 0 saturated carbocycles. The van der Waals surface area contributed by atoms with E-state index in [4.69, 9.17) is 6.42 Å². The molecular formula is C13H8N4O4S. The maximum absolute atomic E-state index is 10.9. The number of terminal acetylenes is 1. The number of hydrogen-bond donors (Lipinski definition) is 1. The Balaban J connectivity index is 2.20. The third-order valence-corrected chi connectivity index (χ3v) is 3.49. The highest BCUT2D eigenvalue weighted by Gasteiger charge is 2.18. The van der Waals surface area contributed by atoms with Crippen LogP contribution in [0.1, 0.15) is 9.75 Å². The van der Waals surface area contributed by atoms with Crippen LogP contribution >= 0.6 is 11.3 Å². The number of benzene rings is 1. The Morgan fingerprint density at radius 2 is 2.00 bits per heavy atom. The summed E-state index contributed by atoms with van der Waals surface area (Å²) in [5.74, 6) is 2.48. The molecule has 0 aliphatic rings. The number of nitrogens with zero attached hydrogens (tertiary/aromatic N) is 3. The number of rotatable bonds is 5. The van der Waals surface area contributed by atoms with Crippen molar-refractivity contribution in [2.45, 2.75) is 0 Å². The largest absolute Gasteiger partial charge is 0.301 e. The van der Waals surface area contributed by atoms with Gasteiger partial charge in [-0.15, -0.1) is 17.8 Å². The first-order valence-electron chi connectivity index (χ1n) is 5.79. The summed E-state index contributed by atoms with van der Waals surface area (Å²) in [6.07, 6.45) is 6.70. The first-order valence-corrected chi connectivity index (χ1v) is 6.61. The second kappa shape index (κ2) is 6.47. The smallest absolute Gasteiger partial charge is 0.272 e. The highest BCUT2D eigenvalue weighted by atomic mass is 32.1. The van der Waals surface area contributed by atoms with Gasteiger partial charge in [0.15, 0.2) is 0 Å². The van der Waals surface area contributed by atoms with Crippen LogP contribution in [-0.4, -0.2) is 16.1 Å². The Bertz CT molecular complexity index is 807. The summed E-state index contributed by atoms with van der Waals surface area (Å²) in [5.41, 5.74) is 1.76. The molecule has 1 aromatic heterocycles. The van der Waals surface area contributed by atoms with Crippen LogP contribution in [0, 0.1) is 32.6 Å². The van der Waals surface area contributed by atoms with Crippen molar-refractivity contribution in [2.75, 3.05) is 5.43 Å². The van der Waals surface area contributed by atoms with E-state index in [-0.39, 0.29) is 11.4 Å². The van der Waals surface area contributed by atoms with E-state index >= 15 is 0 Å². The number of non-ortho nitro benzene ring substituents is 1. The monoisotopic (exact) mass is 316 g/mol. The highest BCUT2D eigenvalue weighted by molar-refractivity contribution is 7.14. The molecule has 0 unspecified atom stereocenters. The number of nitrogens with one attached hydrogen (secondary N) is 1. The van der Waals surface area contributed by atoms with Crippen LogP contribution in [0.2, 0.25) is 0 Å². The van der Waals surface area contributed by atoms with Gasteiger partial charge in [-0.2, -0.15) is 5.10 Å². The summed E-state index contributed by atoms with van der Waals surface area (Å²) in [7, 11) is 0. The van der Waals surface area contributed by atoms with Crippen LogP contribution in [0.3, 0.4) is 0 Å². The van der Waals surface area contributed by atoms with E-state index < -0.39 is 15.5 Å². The molecule has 1 aromatic carbocycles. The van der Waals surface area contributed by atoms with Crippen molar-refractivity contribution in [2.24, 2.45) is 5.10 Å². The van der Waals surface area contributed by atoms with Crippen molar-refractivity contribution in [1.29, 1.82) is 0 Å². The molecule has 0 bridgehead atoms. The lowest BCUT2D eigenvalue weighted by Crippen LogP contribution is -1.98. The molecule has 110 valence electrons. The number of anilines is 1. The van der Waals surface area contributed by atoms with Crippen LogP contribution < -0.4 is 5.43 Å². The standard InChI is InChI=1S/C13H8N4O4S/c1-2-10-4-5-11(22-10)8-14-15-12-6-3-9(16(18)19)7-13(12)17(20)21/h1,3-8,15H/b14-8+. The zero-order chi connectivity index (χ0) is 16.1. The number of hydrogen-bond acceptors (Lipinski definition) is 7. The van der Waals surface area contributed by atoms with Gasteiger partial charge in [0.05, 0.1) is 27.0 Å². The van der Waals surface area contributed by atoms with Gasteiger partial charge < -0.3 is 0 Å². The topological polar surface area (TPSA) is 111 Å². The van der Waals surface area contributed by atoms with Crippen molar-refractivity contribution < 1.29 is 9.85 Å². The van der Waals surface area contributed by atoms with Gasteiger partial charge >= 0.3 is 5.69 Å². The molecule has 2 aromatic rings. The van der Waals surface area contributed by atoms with Gasteiger partial charge in [0.2, 0.25) is 0 Å². The second-order valence-electron chi connectivity index (χ2n) is 3.93. The third kappa shape index (κ3) is 3.44. The summed E-state index contributed by atoms with van der Waals surface area (Å²) in [5, 5.41) is 25.4. The van der Waals surface area contributed by atoms with E-state index in [1.54, 1.807) is 12.1 Å². The number of hydrazone groups is 1. The third-order valence-electron chi connectivity index (χ3n) is 2.53. The second-order valence-corrected chi connectivity index (χ2v) is 5.05. The van der Waals surface area contributed by atoms with Gasteiger partial charge in [-0.25, -0.2) is 0 Å². The average Bonchev–Trinajstić information content (AvgIpc) is 2.95. The lowest BCUT2D eigenvalue weighted by atomic mass is 10.2. The molecule has 1 heterocycles. The van der Waals surface area contributed by atoms with Crippen molar-refractivity contribution in [1.82, 2.24) is 0 Å². The predicted molar refractivity (Wildman–Crippen MR) is 83.2 cm³/mol. The van der Waals surface area contributed by atoms with E-state index in [2.05, 4.69) is 16.4 Å². The van der Waals surface area contributed by atoms with Crippen LogP contribution in [0.5, 0.6) is 0 Å². The minimum absolute atomic E-state index is 0.0561. The van der Waals surface area contributed by atoms with Crippen LogP contribution in [0.15, 0.2) is 35.4 Å². The Morgan fingerprint density at radius 3 is 2.59 bits per heavy atom. The lowest BCUT2D eigenvalue weighted by molar-refractivity contribution is -0.393. The molecule has 0 aliphatic heterocycles. The maximum atomic E-state index is 10.9. The maximum Gasteiger partial charge on any atom is 0.301 e. The molecule has 2 rings (SSSR count). The normalized spacial score (nSPS) is 10.3. The summed E-state index contributed by atoms with van der Waals surface area (Å²) in [6, 6.07) is 6.77. The fourth-order valence-electron chi connectivity index (χ4n) is 1.54. The Hall–Kier alpha value is -3.25. The Morgan fingerprint density at radius 1 is 1.23 bits per heavy atom. The van der Waals surface area contributed by atoms with Crippen molar-refractivity contribution in [3.8, 4) is 12.3 Å². The van der Waals surface area contributed by atoms with Crippen LogP contribution in [0.4, 0.5) is 17.1 Å². The van der Waals surface area contributed by atoms with E-state index in [0.29, 0.717) is 0 Å². The zero-order valence-corrected chi connectivity index (χ0v) is 11.7. The molecule has 0 spiro atoms. The number of nitro groups is 2. The predicted octanol–water partition coefficient (Wildman–Crippen LogP) is 2.99. The molecule has 0 aliphatic carbocycles. The zero-order valence-electron chi connectivity index (χ0n) is 10.9. The van der Waals surface area contributed by atoms with Crippen molar-refractivity contribution in [3.63, 3.8) is 0 Å². The van der Waals surface area contributed by atoms with Crippen molar-refractivity contribution in [3.05, 3.63) is 60.3 Å². The average molecular weight is 316 g/mol. The molecule has 0 radical (unpaired) electrons. The summed E-state index contributed by atoms with van der Waals surface area (Å²) in [6.45, 7) is 0. The van der Waals surface area contributed by atoms with E-state index in [9.17, 15) is 20.2 Å². The molecule has 0 amide bonds. The molecule has 0 atom stereocenters. The van der Waals surface area contributed by atoms with Gasteiger partial charge in [0, 0.05) is 10.9 Å². The van der Waals surface area contributed by atoms with E-state index in [0.717, 1.165) is 21.9 Å². The van der Waals surface area contributed by atoms with Gasteiger partial charge in [-0.3, -0.25) is 25.7 Å². The minimum atomic E-state index is -0.716. The van der Waals surface area contributed by atoms with Gasteiger partial charge in [0.25, 0.3) is 5.69 Å². The summed E-state index contributed by atoms with van der Waals surface area (Å²) >= 11 is 1.34. The number of thiophene rings is 1. The molecule has 22 heavy (non-hydrogen) atoms. The number of nitro benzene ring substituents is 2. The quantitative estimate of drug-likeness (QED) is 0.394. The minimum Gasteiger partial charge on any atom is -0.272 e. The summed E-state index contributed by atoms with van der Waals surface area (Å²) < 4.78 is 0. The molecule has 1 N–H and O–H groups in total. The van der Waals surface area contributed by atoms with E-state index in [1.165, 1.54) is 23.6 Å². The lowest BCUT2D eigenvalue weighted by Gasteiger charge is -2.01.